The molecule has 3 aliphatic rings. The van der Waals surface area contributed by atoms with Crippen LogP contribution in [0.25, 0.3) is 0 Å². The summed E-state index contributed by atoms with van der Waals surface area (Å²) in [4.78, 5) is 45.4. The van der Waals surface area contributed by atoms with Gasteiger partial charge >= 0.3 is 5.97 Å². The number of esters is 1. The predicted molar refractivity (Wildman–Crippen MR) is 159 cm³/mol. The Kier molecular flexibility index (Phi) is 10.7. The summed E-state index contributed by atoms with van der Waals surface area (Å²) in [5, 5.41) is 9.60. The van der Waals surface area contributed by atoms with E-state index < -0.39 is 35.6 Å². The number of carbonyl (C=O) groups excluding carboxylic acids is 3. The number of benzene rings is 1. The van der Waals surface area contributed by atoms with Crippen LogP contribution in [0.1, 0.15) is 63.4 Å². The van der Waals surface area contributed by atoms with Crippen molar-refractivity contribution in [1.82, 2.24) is 4.90 Å². The first kappa shape index (κ1) is 31.3. The van der Waals surface area contributed by atoms with Crippen LogP contribution in [0.4, 0.5) is 5.69 Å². The maximum atomic E-state index is 14.6. The second kappa shape index (κ2) is 14.0. The Morgan fingerprint density at radius 3 is 2.68 bits per heavy atom. The van der Waals surface area contributed by atoms with E-state index in [1.54, 1.807) is 21.9 Å². The van der Waals surface area contributed by atoms with Gasteiger partial charge in [-0.3, -0.25) is 14.4 Å². The van der Waals surface area contributed by atoms with Crippen molar-refractivity contribution in [2.45, 2.75) is 82.5 Å². The fraction of sp³-hybridized carbons (Fsp3) is 0.594. The number of anilines is 1. The minimum atomic E-state index is -1.11. The third kappa shape index (κ3) is 6.11. The molecule has 3 fully saturated rings. The molecule has 4 rings (SSSR count). The lowest BCUT2D eigenvalue weighted by molar-refractivity contribution is -0.155. The van der Waals surface area contributed by atoms with Crippen LogP contribution >= 0.6 is 11.6 Å². The molecule has 0 aromatic heterocycles. The molecule has 9 heteroatoms. The van der Waals surface area contributed by atoms with Gasteiger partial charge in [0, 0.05) is 19.7 Å². The average Bonchev–Trinajstić information content (AvgIpc) is 3.59. The molecule has 2 amide bonds. The highest BCUT2D eigenvalue weighted by molar-refractivity contribution is 6.34. The Balaban J connectivity index is 1.66. The molecule has 3 heterocycles. The van der Waals surface area contributed by atoms with Gasteiger partial charge in [-0.1, -0.05) is 48.7 Å². The fourth-order valence-corrected chi connectivity index (χ4v) is 7.20. The van der Waals surface area contributed by atoms with Crippen molar-refractivity contribution in [1.29, 1.82) is 0 Å². The molecule has 3 aliphatic heterocycles. The van der Waals surface area contributed by atoms with Gasteiger partial charge in [0.15, 0.2) is 0 Å². The van der Waals surface area contributed by atoms with E-state index in [9.17, 15) is 14.4 Å². The molecule has 0 saturated carbocycles. The van der Waals surface area contributed by atoms with E-state index in [-0.39, 0.29) is 31.6 Å². The highest BCUT2D eigenvalue weighted by Gasteiger charge is 2.75. The average molecular weight is 587 g/mol. The van der Waals surface area contributed by atoms with E-state index in [1.165, 1.54) is 0 Å². The molecule has 0 radical (unpaired) electrons. The van der Waals surface area contributed by atoms with Gasteiger partial charge in [-0.25, -0.2) is 0 Å². The molecule has 224 valence electrons. The van der Waals surface area contributed by atoms with Gasteiger partial charge < -0.3 is 24.4 Å². The standard InChI is InChI=1S/C32H43ClN2O6/c1-4-6-7-12-21-40-31(39)25-24-16-17-32(41-24)26(25)29(37)35(19-10-8-9-11-20-36)28(32)30(38)34(18-5-2)27-22(3)14-13-15-23(27)33/h4-5,13-15,24-26,28,36H,1-2,6-12,16-21H2,3H3/t24-,25+,26-,28?,32?/m0/s1. The van der Waals surface area contributed by atoms with Crippen LogP contribution in [-0.2, 0) is 23.9 Å². The summed E-state index contributed by atoms with van der Waals surface area (Å²) in [6, 6.07) is 4.57. The minimum Gasteiger partial charge on any atom is -0.465 e. The number of fused-ring (bicyclic) bond motifs is 1. The summed E-state index contributed by atoms with van der Waals surface area (Å²) in [6.07, 6.45) is 9.55. The highest BCUT2D eigenvalue weighted by atomic mass is 35.5. The first-order valence-electron chi connectivity index (χ1n) is 14.9. The Labute approximate surface area is 248 Å². The van der Waals surface area contributed by atoms with E-state index >= 15 is 0 Å². The lowest BCUT2D eigenvalue weighted by atomic mass is 9.70. The summed E-state index contributed by atoms with van der Waals surface area (Å²) >= 11 is 6.61. The topological polar surface area (TPSA) is 96.4 Å². The molecule has 3 saturated heterocycles. The van der Waals surface area contributed by atoms with Crippen LogP contribution in [0.5, 0.6) is 0 Å². The maximum Gasteiger partial charge on any atom is 0.312 e. The summed E-state index contributed by atoms with van der Waals surface area (Å²) in [7, 11) is 0. The molecule has 5 atom stereocenters. The summed E-state index contributed by atoms with van der Waals surface area (Å²) in [6.45, 7) is 10.4. The van der Waals surface area contributed by atoms with Crippen LogP contribution in [0.3, 0.4) is 0 Å². The largest absolute Gasteiger partial charge is 0.465 e. The zero-order valence-electron chi connectivity index (χ0n) is 24.1. The maximum absolute atomic E-state index is 14.6. The van der Waals surface area contributed by atoms with Crippen LogP contribution in [0, 0.1) is 18.8 Å². The quantitative estimate of drug-likeness (QED) is 0.166. The molecule has 2 unspecified atom stereocenters. The molecule has 1 aromatic rings. The van der Waals surface area contributed by atoms with E-state index in [0.29, 0.717) is 49.4 Å². The number of rotatable bonds is 16. The van der Waals surface area contributed by atoms with Crippen molar-refractivity contribution >= 4 is 35.1 Å². The second-order valence-electron chi connectivity index (χ2n) is 11.3. The first-order chi connectivity index (χ1) is 19.8. The second-order valence-corrected chi connectivity index (χ2v) is 11.7. The number of nitrogens with zero attached hydrogens (tertiary/aromatic N) is 2. The lowest BCUT2D eigenvalue weighted by Crippen LogP contribution is -2.56. The van der Waals surface area contributed by atoms with E-state index in [0.717, 1.165) is 31.2 Å². The smallest absolute Gasteiger partial charge is 0.312 e. The number of allylic oxidation sites excluding steroid dienone is 1. The van der Waals surface area contributed by atoms with Gasteiger partial charge in [0.2, 0.25) is 5.91 Å². The van der Waals surface area contributed by atoms with Gasteiger partial charge in [-0.2, -0.15) is 0 Å². The summed E-state index contributed by atoms with van der Waals surface area (Å²) in [5.74, 6) is -2.44. The molecule has 2 bridgehead atoms. The Morgan fingerprint density at radius 1 is 1.20 bits per heavy atom. The van der Waals surface area contributed by atoms with E-state index in [1.807, 2.05) is 25.1 Å². The van der Waals surface area contributed by atoms with Crippen molar-refractivity contribution in [2.75, 3.05) is 31.2 Å². The number of aliphatic hydroxyl groups excluding tert-OH is 1. The molecular formula is C32H43ClN2O6. The van der Waals surface area contributed by atoms with Gasteiger partial charge in [0.1, 0.15) is 11.6 Å². The number of hydrogen-bond acceptors (Lipinski definition) is 6. The third-order valence-corrected chi connectivity index (χ3v) is 9.00. The van der Waals surface area contributed by atoms with Gasteiger partial charge in [0.25, 0.3) is 5.91 Å². The van der Waals surface area contributed by atoms with E-state index in [4.69, 9.17) is 26.2 Å². The minimum absolute atomic E-state index is 0.120. The molecule has 8 nitrogen and oxygen atoms in total. The normalized spacial score (nSPS) is 26.2. The number of para-hydroxylation sites is 1. The molecule has 41 heavy (non-hydrogen) atoms. The zero-order valence-corrected chi connectivity index (χ0v) is 24.8. The number of aryl methyl sites for hydroxylation is 1. The Hall–Kier alpha value is -2.68. The first-order valence-corrected chi connectivity index (χ1v) is 15.2. The molecular weight excluding hydrogens is 544 g/mol. The number of carbonyl (C=O) groups is 3. The molecule has 1 aromatic carbocycles. The van der Waals surface area contributed by atoms with Gasteiger partial charge in [0.05, 0.1) is 35.3 Å². The number of amides is 2. The van der Waals surface area contributed by atoms with Crippen LogP contribution < -0.4 is 4.90 Å². The SMILES string of the molecule is C=CCCCCOC(=O)[C@@H]1[C@@H]2CCC3(O2)C(C(=O)N(CC=C)c2c(C)cccc2Cl)N(CCCCCCO)C(=O)[C@H]13. The van der Waals surface area contributed by atoms with Crippen molar-refractivity contribution in [3.05, 3.63) is 54.1 Å². The van der Waals surface area contributed by atoms with Gasteiger partial charge in [-0.15, -0.1) is 13.2 Å². The molecule has 1 spiro atoms. The number of halogens is 1. The predicted octanol–water partition coefficient (Wildman–Crippen LogP) is 4.99. The van der Waals surface area contributed by atoms with Crippen molar-refractivity contribution in [3.8, 4) is 0 Å². The Morgan fingerprint density at radius 2 is 1.98 bits per heavy atom. The van der Waals surface area contributed by atoms with Crippen molar-refractivity contribution in [2.24, 2.45) is 11.8 Å². The molecule has 0 aliphatic carbocycles. The summed E-state index contributed by atoms with van der Waals surface area (Å²) in [5.41, 5.74) is 0.305. The number of hydrogen-bond donors (Lipinski definition) is 1. The van der Waals surface area contributed by atoms with Crippen LogP contribution in [0.2, 0.25) is 5.02 Å². The zero-order chi connectivity index (χ0) is 29.6. The highest BCUT2D eigenvalue weighted by Crippen LogP contribution is 2.59. The molecule has 1 N–H and O–H groups in total. The van der Waals surface area contributed by atoms with E-state index in [2.05, 4.69) is 13.2 Å². The third-order valence-electron chi connectivity index (χ3n) is 8.70. The summed E-state index contributed by atoms with van der Waals surface area (Å²) < 4.78 is 12.2. The lowest BCUT2D eigenvalue weighted by Gasteiger charge is -2.37. The van der Waals surface area contributed by atoms with Crippen molar-refractivity contribution < 1.29 is 29.0 Å². The van der Waals surface area contributed by atoms with Crippen molar-refractivity contribution in [3.63, 3.8) is 0 Å². The van der Waals surface area contributed by atoms with Gasteiger partial charge in [-0.05, 0) is 63.5 Å². The number of aliphatic hydroxyl groups is 1. The number of likely N-dealkylation sites (tertiary alicyclic amines) is 1. The number of unbranched alkanes of at least 4 members (excludes halogenated alkanes) is 5. The van der Waals surface area contributed by atoms with Crippen LogP contribution in [0.15, 0.2) is 43.5 Å². The Bertz CT molecular complexity index is 1120. The van der Waals surface area contributed by atoms with Crippen LogP contribution in [-0.4, -0.2) is 71.8 Å². The fourth-order valence-electron chi connectivity index (χ4n) is 6.88. The monoisotopic (exact) mass is 586 g/mol. The number of ether oxygens (including phenoxy) is 2.